The topological polar surface area (TPSA) is 17.1 Å². The van der Waals surface area contributed by atoms with Gasteiger partial charge in [-0.15, -0.1) is 0 Å². The zero-order valence-electron chi connectivity index (χ0n) is 14.4. The number of carbonyl (C=O) groups is 1. The van der Waals surface area contributed by atoms with Crippen molar-refractivity contribution in [3.63, 3.8) is 0 Å². The summed E-state index contributed by atoms with van der Waals surface area (Å²) in [6.07, 6.45) is 0. The van der Waals surface area contributed by atoms with Gasteiger partial charge in [0.2, 0.25) is 0 Å². The molecular formula is C25H18O. The first kappa shape index (κ1) is 16.0. The van der Waals surface area contributed by atoms with Gasteiger partial charge in [-0.2, -0.15) is 0 Å². The molecule has 0 N–H and O–H groups in total. The molecule has 0 saturated carbocycles. The first-order chi connectivity index (χ1) is 12.7. The molecule has 1 heteroatoms. The third-order valence-corrected chi connectivity index (χ3v) is 4.63. The van der Waals surface area contributed by atoms with E-state index in [1.54, 1.807) is 0 Å². The molecule has 4 aromatic carbocycles. The van der Waals surface area contributed by atoms with Crippen molar-refractivity contribution in [2.24, 2.45) is 0 Å². The van der Waals surface area contributed by atoms with Crippen molar-refractivity contribution in [3.8, 4) is 11.1 Å². The number of rotatable bonds is 4. The smallest absolute Gasteiger partial charge is 0.193 e. The van der Waals surface area contributed by atoms with Crippen LogP contribution in [0.3, 0.4) is 0 Å². The fourth-order valence-corrected chi connectivity index (χ4v) is 3.13. The number of benzene rings is 4. The molecule has 4 rings (SSSR count). The molecular weight excluding hydrogens is 316 g/mol. The van der Waals surface area contributed by atoms with Gasteiger partial charge in [-0.3, -0.25) is 4.79 Å². The van der Waals surface area contributed by atoms with E-state index in [4.69, 9.17) is 0 Å². The molecule has 0 amide bonds. The molecule has 0 aliphatic carbocycles. The van der Waals surface area contributed by atoms with Gasteiger partial charge in [0.15, 0.2) is 5.78 Å². The second-order valence-electron chi connectivity index (χ2n) is 6.31. The van der Waals surface area contributed by atoms with Gasteiger partial charge >= 0.3 is 0 Å². The van der Waals surface area contributed by atoms with Crippen LogP contribution in [0.25, 0.3) is 27.5 Å². The Morgan fingerprint density at radius 2 is 1.15 bits per heavy atom. The molecule has 0 fully saturated rings. The minimum Gasteiger partial charge on any atom is -0.289 e. The van der Waals surface area contributed by atoms with Gasteiger partial charge in [-0.25, -0.2) is 0 Å². The van der Waals surface area contributed by atoms with Crippen LogP contribution in [0.5, 0.6) is 0 Å². The van der Waals surface area contributed by atoms with Crippen molar-refractivity contribution in [2.45, 2.75) is 0 Å². The minimum atomic E-state index is -0.0418. The molecule has 26 heavy (non-hydrogen) atoms. The van der Waals surface area contributed by atoms with E-state index in [9.17, 15) is 4.79 Å². The van der Waals surface area contributed by atoms with Crippen LogP contribution in [0.15, 0.2) is 104 Å². The summed E-state index contributed by atoms with van der Waals surface area (Å²) in [6, 6.07) is 32.0. The number of hydrogen-bond acceptors (Lipinski definition) is 1. The first-order valence-electron chi connectivity index (χ1n) is 8.61. The Kier molecular flexibility index (Phi) is 4.20. The van der Waals surface area contributed by atoms with Crippen LogP contribution >= 0.6 is 0 Å². The Morgan fingerprint density at radius 1 is 0.577 bits per heavy atom. The number of hydrogen-bond donors (Lipinski definition) is 0. The predicted octanol–water partition coefficient (Wildman–Crippen LogP) is 6.40. The number of fused-ring (bicyclic) bond motifs is 1. The molecule has 0 aliphatic heterocycles. The summed E-state index contributed by atoms with van der Waals surface area (Å²) in [4.78, 5) is 12.8. The van der Waals surface area contributed by atoms with Crippen molar-refractivity contribution in [2.75, 3.05) is 0 Å². The molecule has 0 radical (unpaired) electrons. The zero-order valence-corrected chi connectivity index (χ0v) is 14.4. The van der Waals surface area contributed by atoms with E-state index in [0.29, 0.717) is 11.1 Å². The van der Waals surface area contributed by atoms with Gasteiger partial charge < -0.3 is 0 Å². The van der Waals surface area contributed by atoms with Crippen LogP contribution < -0.4 is 0 Å². The third kappa shape index (κ3) is 3.07. The van der Waals surface area contributed by atoms with Gasteiger partial charge in [0, 0.05) is 11.1 Å². The SMILES string of the molecule is C=C(C(=O)c1ccc(-c2ccccc2)cc1)c1ccc2ccccc2c1. The molecule has 0 saturated heterocycles. The highest BCUT2D eigenvalue weighted by atomic mass is 16.1. The Bertz CT molecular complexity index is 1090. The summed E-state index contributed by atoms with van der Waals surface area (Å²) in [5, 5.41) is 2.27. The molecule has 0 spiro atoms. The van der Waals surface area contributed by atoms with Crippen molar-refractivity contribution < 1.29 is 4.79 Å². The quantitative estimate of drug-likeness (QED) is 0.311. The van der Waals surface area contributed by atoms with Crippen molar-refractivity contribution in [3.05, 3.63) is 115 Å². The third-order valence-electron chi connectivity index (χ3n) is 4.63. The molecule has 0 aliphatic rings. The normalized spacial score (nSPS) is 10.6. The lowest BCUT2D eigenvalue weighted by Crippen LogP contribution is -2.01. The molecule has 1 nitrogen and oxygen atoms in total. The molecule has 0 atom stereocenters. The maximum atomic E-state index is 12.8. The molecule has 124 valence electrons. The molecule has 0 aromatic heterocycles. The number of ketones is 1. The lowest BCUT2D eigenvalue weighted by molar-refractivity contribution is 0.105. The van der Waals surface area contributed by atoms with Crippen LogP contribution in [-0.2, 0) is 0 Å². The first-order valence-corrected chi connectivity index (χ1v) is 8.61. The zero-order chi connectivity index (χ0) is 17.9. The molecule has 4 aromatic rings. The van der Waals surface area contributed by atoms with Crippen molar-refractivity contribution in [1.29, 1.82) is 0 Å². The average molecular weight is 334 g/mol. The van der Waals surface area contributed by atoms with Gasteiger partial charge in [0.25, 0.3) is 0 Å². The summed E-state index contributed by atoms with van der Waals surface area (Å²) in [5.74, 6) is -0.0418. The highest BCUT2D eigenvalue weighted by molar-refractivity contribution is 6.28. The van der Waals surface area contributed by atoms with Gasteiger partial charge in [-0.1, -0.05) is 97.6 Å². The fraction of sp³-hybridized carbons (Fsp3) is 0. The lowest BCUT2D eigenvalue weighted by atomic mass is 9.95. The predicted molar refractivity (Wildman–Crippen MR) is 109 cm³/mol. The van der Waals surface area contributed by atoms with E-state index in [0.717, 1.165) is 27.5 Å². The summed E-state index contributed by atoms with van der Waals surface area (Å²) in [7, 11) is 0. The average Bonchev–Trinajstić information content (AvgIpc) is 2.73. The Labute approximate surface area is 153 Å². The standard InChI is InChI=1S/C25H18O/c1-18(23-16-13-20-9-5-6-10-24(20)17-23)25(26)22-14-11-21(12-15-22)19-7-3-2-4-8-19/h2-17H,1H2. The summed E-state index contributed by atoms with van der Waals surface area (Å²) in [5.41, 5.74) is 4.27. The van der Waals surface area contributed by atoms with Crippen LogP contribution in [0.4, 0.5) is 0 Å². The van der Waals surface area contributed by atoms with Crippen LogP contribution in [-0.4, -0.2) is 5.78 Å². The second kappa shape index (κ2) is 6.81. The Balaban J connectivity index is 1.61. The van der Waals surface area contributed by atoms with E-state index in [-0.39, 0.29) is 5.78 Å². The van der Waals surface area contributed by atoms with Crippen LogP contribution in [0.1, 0.15) is 15.9 Å². The largest absolute Gasteiger partial charge is 0.289 e. The summed E-state index contributed by atoms with van der Waals surface area (Å²) < 4.78 is 0. The maximum Gasteiger partial charge on any atom is 0.193 e. The Hall–Kier alpha value is -3.45. The molecule has 0 heterocycles. The molecule has 0 unspecified atom stereocenters. The highest BCUT2D eigenvalue weighted by Gasteiger charge is 2.13. The summed E-state index contributed by atoms with van der Waals surface area (Å²) >= 11 is 0. The van der Waals surface area contributed by atoms with E-state index in [2.05, 4.69) is 24.8 Å². The number of Topliss-reactive ketones (excluding diaryl/α,β-unsaturated/α-hetero) is 1. The monoisotopic (exact) mass is 334 g/mol. The van der Waals surface area contributed by atoms with E-state index >= 15 is 0 Å². The summed E-state index contributed by atoms with van der Waals surface area (Å²) in [6.45, 7) is 4.04. The maximum absolute atomic E-state index is 12.8. The minimum absolute atomic E-state index is 0.0418. The van der Waals surface area contributed by atoms with Gasteiger partial charge in [-0.05, 0) is 33.5 Å². The lowest BCUT2D eigenvalue weighted by Gasteiger charge is -2.08. The number of carbonyl (C=O) groups excluding carboxylic acids is 1. The van der Waals surface area contributed by atoms with E-state index in [1.165, 1.54) is 0 Å². The van der Waals surface area contributed by atoms with Crippen LogP contribution in [0.2, 0.25) is 0 Å². The van der Waals surface area contributed by atoms with Crippen molar-refractivity contribution in [1.82, 2.24) is 0 Å². The van der Waals surface area contributed by atoms with E-state index in [1.807, 2.05) is 78.9 Å². The number of allylic oxidation sites excluding steroid dienone is 1. The fourth-order valence-electron chi connectivity index (χ4n) is 3.13. The van der Waals surface area contributed by atoms with Crippen molar-refractivity contribution >= 4 is 22.1 Å². The van der Waals surface area contributed by atoms with Gasteiger partial charge in [0.05, 0.1) is 0 Å². The molecule has 0 bridgehead atoms. The van der Waals surface area contributed by atoms with E-state index < -0.39 is 0 Å². The van der Waals surface area contributed by atoms with Crippen LogP contribution in [0, 0.1) is 0 Å². The highest BCUT2D eigenvalue weighted by Crippen LogP contribution is 2.25. The van der Waals surface area contributed by atoms with Gasteiger partial charge in [0.1, 0.15) is 0 Å². The Morgan fingerprint density at radius 3 is 1.88 bits per heavy atom. The second-order valence-corrected chi connectivity index (χ2v) is 6.31.